The minimum Gasteiger partial charge on any atom is -0.412 e. The molecule has 0 aromatic heterocycles. The summed E-state index contributed by atoms with van der Waals surface area (Å²) >= 11 is 0. The quantitative estimate of drug-likeness (QED) is 0.393. The predicted octanol–water partition coefficient (Wildman–Crippen LogP) is -1.48. The van der Waals surface area contributed by atoms with Crippen LogP contribution in [0.15, 0.2) is 0 Å². The molecule has 0 unspecified atom stereocenters. The van der Waals surface area contributed by atoms with E-state index in [1.54, 1.807) is 0 Å². The van der Waals surface area contributed by atoms with Gasteiger partial charge in [0.2, 0.25) is 0 Å². The zero-order chi connectivity index (χ0) is 4.50. The molecule has 1 radical (unpaired) electrons. The van der Waals surface area contributed by atoms with Gasteiger partial charge in [0.1, 0.15) is 0 Å². The molecule has 0 aliphatic carbocycles. The van der Waals surface area contributed by atoms with Gasteiger partial charge >= 0.3 is 10.4 Å². The fraction of sp³-hybridized carbons (Fsp3) is 0. The van der Waals surface area contributed by atoms with Crippen molar-refractivity contribution in [1.29, 1.82) is 0 Å². The van der Waals surface area contributed by atoms with Gasteiger partial charge in [0.05, 0.1) is 0 Å². The van der Waals surface area contributed by atoms with Crippen LogP contribution < -0.4 is 0 Å². The molecular formula is H4CoNiO5S. The van der Waals surface area contributed by atoms with Crippen LogP contribution in [0.4, 0.5) is 0 Å². The Kier molecular flexibility index (Phi) is 22.7. The van der Waals surface area contributed by atoms with Gasteiger partial charge in [-0.1, -0.05) is 0 Å². The zero-order valence-corrected chi connectivity index (χ0v) is 6.11. The summed E-state index contributed by atoms with van der Waals surface area (Å²) in [6.07, 6.45) is 0. The normalized spacial score (nSPS) is 7.25. The molecule has 0 aliphatic heterocycles. The van der Waals surface area contributed by atoms with Crippen molar-refractivity contribution in [3.63, 3.8) is 0 Å². The molecule has 0 spiro atoms. The average Bonchev–Trinajstić information content (AvgIpc) is 0.722. The van der Waals surface area contributed by atoms with E-state index in [1.165, 1.54) is 0 Å². The first-order chi connectivity index (χ1) is 2.00. The monoisotopic (exact) mass is 233 g/mol. The molecular weight excluding hydrogens is 230 g/mol. The van der Waals surface area contributed by atoms with Crippen LogP contribution in [0.5, 0.6) is 0 Å². The summed E-state index contributed by atoms with van der Waals surface area (Å²) in [7, 11) is -4.67. The van der Waals surface area contributed by atoms with Crippen LogP contribution in [0.25, 0.3) is 0 Å². The summed E-state index contributed by atoms with van der Waals surface area (Å²) in [5.41, 5.74) is 0. The van der Waals surface area contributed by atoms with Crippen LogP contribution in [0.3, 0.4) is 0 Å². The standard InChI is InChI=1S/Co.Ni.H2O4S.H2O/c;;1-5(2,3)4;/h;;(H2,1,2,3,4);1H2. The van der Waals surface area contributed by atoms with Crippen LogP contribution in [0.2, 0.25) is 0 Å². The van der Waals surface area contributed by atoms with E-state index < -0.39 is 10.4 Å². The molecule has 8 heteroatoms. The predicted molar refractivity (Wildman–Crippen MR) is 17.8 cm³/mol. The van der Waals surface area contributed by atoms with Crippen molar-refractivity contribution < 1.29 is 56.3 Å². The van der Waals surface area contributed by atoms with E-state index in [4.69, 9.17) is 17.5 Å². The Morgan fingerprint density at radius 1 is 1.12 bits per heavy atom. The van der Waals surface area contributed by atoms with Crippen molar-refractivity contribution >= 4 is 10.4 Å². The Labute approximate surface area is 66.9 Å². The smallest absolute Gasteiger partial charge is 0.394 e. The van der Waals surface area contributed by atoms with Crippen molar-refractivity contribution in [2.45, 2.75) is 0 Å². The second-order valence-corrected chi connectivity index (χ2v) is 1.34. The Hall–Kier alpha value is 0.830. The summed E-state index contributed by atoms with van der Waals surface area (Å²) in [4.78, 5) is 0. The Morgan fingerprint density at radius 3 is 1.12 bits per heavy atom. The molecule has 0 aromatic carbocycles. The summed E-state index contributed by atoms with van der Waals surface area (Å²) in [5.74, 6) is 0. The maximum atomic E-state index is 8.74. The largest absolute Gasteiger partial charge is 0.412 e. The molecule has 0 atom stereocenters. The molecule has 0 saturated heterocycles. The maximum Gasteiger partial charge on any atom is 0.394 e. The first-order valence-corrected chi connectivity index (χ1v) is 2.10. The summed E-state index contributed by atoms with van der Waals surface area (Å²) in [6.45, 7) is 0. The van der Waals surface area contributed by atoms with E-state index >= 15 is 0 Å². The average molecular weight is 234 g/mol. The van der Waals surface area contributed by atoms with Crippen LogP contribution >= 0.6 is 0 Å². The molecule has 0 aromatic rings. The third kappa shape index (κ3) is 337. The first-order valence-electron chi connectivity index (χ1n) is 0.698. The molecule has 0 rings (SSSR count). The van der Waals surface area contributed by atoms with Crippen LogP contribution in [0.1, 0.15) is 0 Å². The zero-order valence-electron chi connectivity index (χ0n) is 3.27. The van der Waals surface area contributed by atoms with Gasteiger partial charge in [-0.3, -0.25) is 9.11 Å². The van der Waals surface area contributed by atoms with E-state index in [-0.39, 0.29) is 38.7 Å². The van der Waals surface area contributed by atoms with Gasteiger partial charge < -0.3 is 5.48 Å². The number of hydrogen-bond donors (Lipinski definition) is 2. The fourth-order valence-corrected chi connectivity index (χ4v) is 0. The van der Waals surface area contributed by atoms with Crippen molar-refractivity contribution in [2.24, 2.45) is 0 Å². The van der Waals surface area contributed by atoms with Crippen LogP contribution in [-0.4, -0.2) is 23.0 Å². The van der Waals surface area contributed by atoms with Crippen molar-refractivity contribution in [3.05, 3.63) is 0 Å². The molecule has 0 bridgehead atoms. The Morgan fingerprint density at radius 2 is 1.12 bits per heavy atom. The molecule has 0 heterocycles. The van der Waals surface area contributed by atoms with Crippen molar-refractivity contribution in [1.82, 2.24) is 0 Å². The second kappa shape index (κ2) is 7.83. The molecule has 59 valence electrons. The van der Waals surface area contributed by atoms with E-state index in [0.29, 0.717) is 0 Å². The molecule has 5 nitrogen and oxygen atoms in total. The summed E-state index contributed by atoms with van der Waals surface area (Å²) in [6, 6.07) is 0. The van der Waals surface area contributed by atoms with Gasteiger partial charge in [0.15, 0.2) is 0 Å². The Bertz CT molecular complexity index is 95.6. The molecule has 0 fully saturated rings. The molecule has 0 saturated carbocycles. The minimum atomic E-state index is -4.67. The van der Waals surface area contributed by atoms with Gasteiger partial charge in [-0.2, -0.15) is 8.42 Å². The maximum absolute atomic E-state index is 8.74. The van der Waals surface area contributed by atoms with Crippen molar-refractivity contribution in [3.8, 4) is 0 Å². The second-order valence-electron chi connectivity index (χ2n) is 0.448. The van der Waals surface area contributed by atoms with Gasteiger partial charge in [-0.05, 0) is 0 Å². The van der Waals surface area contributed by atoms with Gasteiger partial charge in [0.25, 0.3) is 0 Å². The van der Waals surface area contributed by atoms with Crippen LogP contribution in [-0.2, 0) is 43.7 Å². The van der Waals surface area contributed by atoms with Gasteiger partial charge in [-0.15, -0.1) is 0 Å². The minimum absolute atomic E-state index is 0. The summed E-state index contributed by atoms with van der Waals surface area (Å²) in [5, 5.41) is 0. The molecule has 0 aliphatic rings. The summed E-state index contributed by atoms with van der Waals surface area (Å²) < 4.78 is 31.6. The van der Waals surface area contributed by atoms with Crippen molar-refractivity contribution in [2.75, 3.05) is 0 Å². The van der Waals surface area contributed by atoms with E-state index in [9.17, 15) is 0 Å². The molecule has 4 N–H and O–H groups in total. The fourth-order valence-electron chi connectivity index (χ4n) is 0. The first kappa shape index (κ1) is 23.2. The molecule has 0 amide bonds. The SMILES string of the molecule is O.O=S(=O)(O)O.[Co].[Ni]. The van der Waals surface area contributed by atoms with E-state index in [1.807, 2.05) is 0 Å². The Balaban J connectivity index is -0.0000000267. The molecule has 8 heavy (non-hydrogen) atoms. The van der Waals surface area contributed by atoms with Gasteiger partial charge in [-0.25, -0.2) is 0 Å². The van der Waals surface area contributed by atoms with Gasteiger partial charge in [0, 0.05) is 33.3 Å². The van der Waals surface area contributed by atoms with E-state index in [2.05, 4.69) is 0 Å². The number of hydrogen-bond acceptors (Lipinski definition) is 2. The van der Waals surface area contributed by atoms with E-state index in [0.717, 1.165) is 0 Å². The topological polar surface area (TPSA) is 106 Å². The number of rotatable bonds is 0. The third-order valence-corrected chi connectivity index (χ3v) is 0. The third-order valence-electron chi connectivity index (χ3n) is 0. The van der Waals surface area contributed by atoms with Crippen LogP contribution in [0, 0.1) is 0 Å².